The van der Waals surface area contributed by atoms with Crippen molar-refractivity contribution >= 4 is 17.3 Å². The van der Waals surface area contributed by atoms with Gasteiger partial charge in [-0.1, -0.05) is 31.2 Å². The summed E-state index contributed by atoms with van der Waals surface area (Å²) >= 11 is 0. The molecule has 0 aliphatic carbocycles. The molecule has 0 aliphatic rings. The molecule has 110 valence electrons. The van der Waals surface area contributed by atoms with Gasteiger partial charge in [0.25, 0.3) is 5.91 Å². The third-order valence-electron chi connectivity index (χ3n) is 3.49. The molecule has 0 spiro atoms. The summed E-state index contributed by atoms with van der Waals surface area (Å²) in [5.74, 6) is -0.756. The van der Waals surface area contributed by atoms with Gasteiger partial charge in [0.1, 0.15) is 5.82 Å². The summed E-state index contributed by atoms with van der Waals surface area (Å²) in [6.07, 6.45) is 0.819. The highest BCUT2D eigenvalue weighted by Gasteiger charge is 2.16. The Balaban J connectivity index is 2.38. The highest BCUT2D eigenvalue weighted by molar-refractivity contribution is 6.08. The van der Waals surface area contributed by atoms with E-state index in [4.69, 9.17) is 0 Å². The molecule has 2 N–H and O–H groups in total. The molecule has 3 nitrogen and oxygen atoms in total. The van der Waals surface area contributed by atoms with Crippen LogP contribution in [0, 0.1) is 12.7 Å². The molecule has 1 amide bonds. The number of amides is 1. The Labute approximate surface area is 124 Å². The predicted octanol–water partition coefficient (Wildman–Crippen LogP) is 3.99. The molecular formula is C17H19FN2O. The Bertz CT molecular complexity index is 668. The molecule has 2 aromatic rings. The second-order valence-electron chi connectivity index (χ2n) is 4.83. The van der Waals surface area contributed by atoms with E-state index < -0.39 is 5.82 Å². The molecule has 2 rings (SSSR count). The minimum absolute atomic E-state index is 0.210. The van der Waals surface area contributed by atoms with Crippen LogP contribution in [0.15, 0.2) is 36.4 Å². The van der Waals surface area contributed by atoms with E-state index in [0.29, 0.717) is 5.56 Å². The molecule has 0 radical (unpaired) electrons. The number of nitrogens with one attached hydrogen (secondary N) is 2. The van der Waals surface area contributed by atoms with Crippen molar-refractivity contribution in [2.45, 2.75) is 20.3 Å². The molecule has 0 bridgehead atoms. The summed E-state index contributed by atoms with van der Waals surface area (Å²) in [6, 6.07) is 10.4. The lowest BCUT2D eigenvalue weighted by atomic mass is 10.0. The molecule has 0 aliphatic heterocycles. The van der Waals surface area contributed by atoms with Crippen molar-refractivity contribution in [1.29, 1.82) is 0 Å². The average Bonchev–Trinajstić information content (AvgIpc) is 2.48. The molecular weight excluding hydrogens is 267 g/mol. The molecule has 0 saturated carbocycles. The van der Waals surface area contributed by atoms with Crippen LogP contribution in [0.4, 0.5) is 15.8 Å². The van der Waals surface area contributed by atoms with Gasteiger partial charge in [0.15, 0.2) is 0 Å². The number of hydrogen-bond donors (Lipinski definition) is 2. The summed E-state index contributed by atoms with van der Waals surface area (Å²) in [4.78, 5) is 12.4. The minimum Gasteiger partial charge on any atom is -0.385 e. The number of carbonyl (C=O) groups is 1. The smallest absolute Gasteiger partial charge is 0.257 e. The number of halogens is 1. The number of aryl methyl sites for hydroxylation is 2. The Hall–Kier alpha value is -2.36. The zero-order valence-electron chi connectivity index (χ0n) is 12.5. The summed E-state index contributed by atoms with van der Waals surface area (Å²) in [5, 5.41) is 5.64. The highest BCUT2D eigenvalue weighted by Crippen LogP contribution is 2.24. The topological polar surface area (TPSA) is 41.1 Å². The fraction of sp³-hybridized carbons (Fsp3) is 0.235. The first-order valence-electron chi connectivity index (χ1n) is 6.94. The van der Waals surface area contributed by atoms with Crippen LogP contribution in [-0.2, 0) is 6.42 Å². The van der Waals surface area contributed by atoms with Crippen molar-refractivity contribution in [1.82, 2.24) is 0 Å². The zero-order chi connectivity index (χ0) is 15.4. The van der Waals surface area contributed by atoms with Gasteiger partial charge in [0.2, 0.25) is 0 Å². The lowest BCUT2D eigenvalue weighted by Crippen LogP contribution is -2.16. The number of benzene rings is 2. The molecule has 2 aromatic carbocycles. The minimum atomic E-state index is -0.439. The van der Waals surface area contributed by atoms with Crippen LogP contribution >= 0.6 is 0 Å². The van der Waals surface area contributed by atoms with Crippen LogP contribution < -0.4 is 10.6 Å². The first-order chi connectivity index (χ1) is 10.1. The molecule has 0 aromatic heterocycles. The maximum atomic E-state index is 13.7. The lowest BCUT2D eigenvalue weighted by molar-refractivity contribution is 0.102. The predicted molar refractivity (Wildman–Crippen MR) is 84.5 cm³/mol. The van der Waals surface area contributed by atoms with Crippen molar-refractivity contribution in [3.05, 3.63) is 58.9 Å². The van der Waals surface area contributed by atoms with Crippen LogP contribution in [-0.4, -0.2) is 13.0 Å². The number of rotatable bonds is 4. The van der Waals surface area contributed by atoms with Gasteiger partial charge < -0.3 is 10.6 Å². The van der Waals surface area contributed by atoms with E-state index in [1.807, 2.05) is 32.0 Å². The molecule has 0 atom stereocenters. The Morgan fingerprint density at radius 1 is 1.14 bits per heavy atom. The third-order valence-corrected chi connectivity index (χ3v) is 3.49. The number of anilines is 2. The first kappa shape index (κ1) is 15.0. The molecule has 0 heterocycles. The summed E-state index contributed by atoms with van der Waals surface area (Å²) in [5.41, 5.74) is 3.36. The van der Waals surface area contributed by atoms with Crippen LogP contribution in [0.5, 0.6) is 0 Å². The van der Waals surface area contributed by atoms with Gasteiger partial charge in [0.05, 0.1) is 11.3 Å². The van der Waals surface area contributed by atoms with E-state index in [1.165, 1.54) is 12.1 Å². The molecule has 0 saturated heterocycles. The maximum Gasteiger partial charge on any atom is 0.257 e. The van der Waals surface area contributed by atoms with Crippen molar-refractivity contribution < 1.29 is 9.18 Å². The maximum absolute atomic E-state index is 13.7. The fourth-order valence-electron chi connectivity index (χ4n) is 2.35. The van der Waals surface area contributed by atoms with Gasteiger partial charge >= 0.3 is 0 Å². The average molecular weight is 286 g/mol. The van der Waals surface area contributed by atoms with Crippen molar-refractivity contribution in [3.63, 3.8) is 0 Å². The first-order valence-corrected chi connectivity index (χ1v) is 6.94. The third kappa shape index (κ3) is 3.05. The summed E-state index contributed by atoms with van der Waals surface area (Å²) in [7, 11) is 1.60. The van der Waals surface area contributed by atoms with Crippen molar-refractivity contribution in [3.8, 4) is 0 Å². The largest absolute Gasteiger partial charge is 0.385 e. The van der Waals surface area contributed by atoms with Crippen molar-refractivity contribution in [2.24, 2.45) is 0 Å². The van der Waals surface area contributed by atoms with Gasteiger partial charge in [-0.25, -0.2) is 4.39 Å². The number of carbonyl (C=O) groups excluding carboxylic acids is 1. The Morgan fingerprint density at radius 3 is 2.52 bits per heavy atom. The second-order valence-corrected chi connectivity index (χ2v) is 4.83. The fourth-order valence-corrected chi connectivity index (χ4v) is 2.35. The normalized spacial score (nSPS) is 10.3. The van der Waals surface area contributed by atoms with Gasteiger partial charge in [-0.2, -0.15) is 0 Å². The van der Waals surface area contributed by atoms with E-state index in [2.05, 4.69) is 10.6 Å². The van der Waals surface area contributed by atoms with E-state index in [-0.39, 0.29) is 11.6 Å². The van der Waals surface area contributed by atoms with Crippen LogP contribution in [0.2, 0.25) is 0 Å². The molecule has 4 heteroatoms. The van der Waals surface area contributed by atoms with Crippen LogP contribution in [0.1, 0.15) is 28.4 Å². The zero-order valence-corrected chi connectivity index (χ0v) is 12.5. The lowest BCUT2D eigenvalue weighted by Gasteiger charge is -2.15. The van der Waals surface area contributed by atoms with Gasteiger partial charge in [-0.05, 0) is 36.6 Å². The van der Waals surface area contributed by atoms with Gasteiger partial charge in [-0.15, -0.1) is 0 Å². The quantitative estimate of drug-likeness (QED) is 0.892. The van der Waals surface area contributed by atoms with Gasteiger partial charge in [0, 0.05) is 12.7 Å². The monoisotopic (exact) mass is 286 g/mol. The number of para-hydroxylation sites is 2. The Morgan fingerprint density at radius 2 is 1.86 bits per heavy atom. The molecule has 0 fully saturated rings. The van der Waals surface area contributed by atoms with E-state index >= 15 is 0 Å². The molecule has 21 heavy (non-hydrogen) atoms. The van der Waals surface area contributed by atoms with Gasteiger partial charge in [-0.3, -0.25) is 4.79 Å². The van der Waals surface area contributed by atoms with Crippen LogP contribution in [0.3, 0.4) is 0 Å². The van der Waals surface area contributed by atoms with E-state index in [0.717, 1.165) is 23.2 Å². The standard InChI is InChI=1S/C17H19FN2O/c1-4-12-8-5-7-11(2)15(12)20-17(21)13-9-6-10-14(18)16(13)19-3/h5-10,19H,4H2,1-3H3,(H,20,21). The number of hydrogen-bond acceptors (Lipinski definition) is 2. The highest BCUT2D eigenvalue weighted by atomic mass is 19.1. The summed E-state index contributed by atoms with van der Waals surface area (Å²) in [6.45, 7) is 3.98. The van der Waals surface area contributed by atoms with Crippen LogP contribution in [0.25, 0.3) is 0 Å². The SMILES string of the molecule is CCc1cccc(C)c1NC(=O)c1cccc(F)c1NC. The second kappa shape index (κ2) is 6.39. The molecule has 0 unspecified atom stereocenters. The van der Waals surface area contributed by atoms with E-state index in [9.17, 15) is 9.18 Å². The van der Waals surface area contributed by atoms with Crippen molar-refractivity contribution in [2.75, 3.05) is 17.7 Å². The Kier molecular flexibility index (Phi) is 4.58. The van der Waals surface area contributed by atoms with E-state index in [1.54, 1.807) is 13.1 Å². The summed E-state index contributed by atoms with van der Waals surface area (Å²) < 4.78 is 13.7.